The first kappa shape index (κ1) is 10.4. The fourth-order valence-corrected chi connectivity index (χ4v) is 2.53. The third-order valence-corrected chi connectivity index (χ3v) is 3.53. The van der Waals surface area contributed by atoms with Crippen molar-refractivity contribution in [1.29, 1.82) is 0 Å². The highest BCUT2D eigenvalue weighted by Crippen LogP contribution is 2.26. The third-order valence-electron chi connectivity index (χ3n) is 2.54. The van der Waals surface area contributed by atoms with E-state index in [1.165, 1.54) is 10.3 Å². The molecule has 3 rings (SSSR count). The summed E-state index contributed by atoms with van der Waals surface area (Å²) in [5.41, 5.74) is 2.29. The molecular weight excluding hydrogens is 232 g/mol. The molecule has 3 nitrogen and oxygen atoms in total. The van der Waals surface area contributed by atoms with Crippen molar-refractivity contribution in [2.45, 2.75) is 13.5 Å². The van der Waals surface area contributed by atoms with Crippen LogP contribution in [0.5, 0.6) is 0 Å². The summed E-state index contributed by atoms with van der Waals surface area (Å²) >= 11 is 1.66. The van der Waals surface area contributed by atoms with Gasteiger partial charge < -0.3 is 9.73 Å². The lowest BCUT2D eigenvalue weighted by molar-refractivity contribution is 0.518. The van der Waals surface area contributed by atoms with Crippen molar-refractivity contribution in [2.75, 3.05) is 5.32 Å². The Labute approximate surface area is 103 Å². The van der Waals surface area contributed by atoms with Crippen LogP contribution in [0.1, 0.15) is 11.3 Å². The first-order valence-corrected chi connectivity index (χ1v) is 6.26. The van der Waals surface area contributed by atoms with E-state index in [9.17, 15) is 0 Å². The van der Waals surface area contributed by atoms with Gasteiger partial charge in [0.1, 0.15) is 5.76 Å². The molecule has 0 spiro atoms. The summed E-state index contributed by atoms with van der Waals surface area (Å²) in [5, 5.41) is 4.20. The van der Waals surface area contributed by atoms with E-state index in [2.05, 4.69) is 35.4 Å². The molecule has 0 amide bonds. The first-order chi connectivity index (χ1) is 8.31. The number of fused-ring (bicyclic) bond motifs is 1. The maximum absolute atomic E-state index is 5.26. The van der Waals surface area contributed by atoms with Crippen LogP contribution in [0, 0.1) is 6.92 Å². The van der Waals surface area contributed by atoms with Crippen molar-refractivity contribution in [2.24, 2.45) is 0 Å². The van der Waals surface area contributed by atoms with Gasteiger partial charge in [0.15, 0.2) is 5.13 Å². The van der Waals surface area contributed by atoms with E-state index in [4.69, 9.17) is 4.42 Å². The van der Waals surface area contributed by atoms with E-state index in [0.29, 0.717) is 6.54 Å². The molecule has 3 aromatic rings. The van der Waals surface area contributed by atoms with Gasteiger partial charge in [0.05, 0.1) is 23.0 Å². The molecule has 17 heavy (non-hydrogen) atoms. The van der Waals surface area contributed by atoms with Crippen molar-refractivity contribution in [3.05, 3.63) is 47.9 Å². The van der Waals surface area contributed by atoms with Crippen LogP contribution in [0.4, 0.5) is 5.13 Å². The van der Waals surface area contributed by atoms with E-state index in [1.807, 2.05) is 12.1 Å². The second kappa shape index (κ2) is 4.22. The molecule has 86 valence electrons. The van der Waals surface area contributed by atoms with Gasteiger partial charge in [-0.25, -0.2) is 4.98 Å². The quantitative estimate of drug-likeness (QED) is 0.761. The number of hydrogen-bond donors (Lipinski definition) is 1. The normalized spacial score (nSPS) is 10.9. The van der Waals surface area contributed by atoms with E-state index in [1.54, 1.807) is 17.6 Å². The molecule has 0 saturated carbocycles. The van der Waals surface area contributed by atoms with Crippen molar-refractivity contribution in [1.82, 2.24) is 4.98 Å². The lowest BCUT2D eigenvalue weighted by Gasteiger charge is -1.97. The molecule has 0 fully saturated rings. The Balaban J connectivity index is 1.81. The molecule has 0 aliphatic carbocycles. The molecule has 2 aromatic heterocycles. The van der Waals surface area contributed by atoms with Gasteiger partial charge in [-0.2, -0.15) is 0 Å². The summed E-state index contributed by atoms with van der Waals surface area (Å²) in [5.74, 6) is 0.917. The zero-order valence-electron chi connectivity index (χ0n) is 9.43. The molecule has 4 heteroatoms. The second-order valence-corrected chi connectivity index (χ2v) is 4.95. The predicted molar refractivity (Wildman–Crippen MR) is 70.4 cm³/mol. The summed E-state index contributed by atoms with van der Waals surface area (Å²) in [6.45, 7) is 2.75. The number of furan rings is 1. The SMILES string of the molecule is Cc1ccc2sc(NCc3ccco3)nc2c1. The van der Waals surface area contributed by atoms with E-state index in [0.717, 1.165) is 16.4 Å². The monoisotopic (exact) mass is 244 g/mol. The van der Waals surface area contributed by atoms with E-state index in [-0.39, 0.29) is 0 Å². The Bertz CT molecular complexity index is 628. The Morgan fingerprint density at radius 3 is 3.12 bits per heavy atom. The number of anilines is 1. The van der Waals surface area contributed by atoms with Crippen molar-refractivity contribution < 1.29 is 4.42 Å². The summed E-state index contributed by atoms with van der Waals surface area (Å²) < 4.78 is 6.47. The fourth-order valence-electron chi connectivity index (χ4n) is 1.69. The maximum Gasteiger partial charge on any atom is 0.184 e. The summed E-state index contributed by atoms with van der Waals surface area (Å²) in [7, 11) is 0. The van der Waals surface area contributed by atoms with Crippen LogP contribution in [0.2, 0.25) is 0 Å². The summed E-state index contributed by atoms with van der Waals surface area (Å²) in [4.78, 5) is 4.54. The van der Waals surface area contributed by atoms with Crippen LogP contribution in [0.3, 0.4) is 0 Å². The second-order valence-electron chi connectivity index (χ2n) is 3.92. The average Bonchev–Trinajstić information content (AvgIpc) is 2.94. The van der Waals surface area contributed by atoms with Gasteiger partial charge in [0.2, 0.25) is 0 Å². The van der Waals surface area contributed by atoms with Crippen molar-refractivity contribution in [3.8, 4) is 0 Å². The number of nitrogens with one attached hydrogen (secondary N) is 1. The van der Waals surface area contributed by atoms with Gasteiger partial charge in [-0.05, 0) is 36.8 Å². The molecular formula is C13H12N2OS. The van der Waals surface area contributed by atoms with Gasteiger partial charge in [0, 0.05) is 0 Å². The van der Waals surface area contributed by atoms with Crippen molar-refractivity contribution in [3.63, 3.8) is 0 Å². The highest BCUT2D eigenvalue weighted by molar-refractivity contribution is 7.22. The molecule has 0 unspecified atom stereocenters. The average molecular weight is 244 g/mol. The highest BCUT2D eigenvalue weighted by Gasteiger charge is 2.04. The minimum absolute atomic E-state index is 0.672. The molecule has 0 saturated heterocycles. The number of benzene rings is 1. The number of nitrogens with zero attached hydrogens (tertiary/aromatic N) is 1. The molecule has 0 radical (unpaired) electrons. The fraction of sp³-hybridized carbons (Fsp3) is 0.154. The van der Waals surface area contributed by atoms with Crippen LogP contribution in [0.15, 0.2) is 41.0 Å². The van der Waals surface area contributed by atoms with E-state index >= 15 is 0 Å². The lowest BCUT2D eigenvalue weighted by Crippen LogP contribution is -1.96. The standard InChI is InChI=1S/C13H12N2OS/c1-9-4-5-12-11(7-9)15-13(17-12)14-8-10-3-2-6-16-10/h2-7H,8H2,1H3,(H,14,15). The van der Waals surface area contributed by atoms with E-state index < -0.39 is 0 Å². The number of hydrogen-bond acceptors (Lipinski definition) is 4. The Kier molecular flexibility index (Phi) is 2.57. The topological polar surface area (TPSA) is 38.1 Å². The number of aryl methyl sites for hydroxylation is 1. The van der Waals surface area contributed by atoms with Crippen LogP contribution in [-0.4, -0.2) is 4.98 Å². The van der Waals surface area contributed by atoms with Crippen LogP contribution >= 0.6 is 11.3 Å². The number of aromatic nitrogens is 1. The lowest BCUT2D eigenvalue weighted by atomic mass is 10.2. The number of thiazole rings is 1. The minimum Gasteiger partial charge on any atom is -0.467 e. The summed E-state index contributed by atoms with van der Waals surface area (Å²) in [6.07, 6.45) is 1.68. The molecule has 2 heterocycles. The smallest absolute Gasteiger partial charge is 0.184 e. The highest BCUT2D eigenvalue weighted by atomic mass is 32.1. The molecule has 1 N–H and O–H groups in total. The summed E-state index contributed by atoms with van der Waals surface area (Å²) in [6, 6.07) is 10.2. The van der Waals surface area contributed by atoms with Gasteiger partial charge in [-0.1, -0.05) is 17.4 Å². The van der Waals surface area contributed by atoms with Crippen LogP contribution < -0.4 is 5.32 Å². The van der Waals surface area contributed by atoms with Gasteiger partial charge >= 0.3 is 0 Å². The molecule has 0 aliphatic rings. The van der Waals surface area contributed by atoms with Gasteiger partial charge in [0.25, 0.3) is 0 Å². The molecule has 0 bridgehead atoms. The first-order valence-electron chi connectivity index (χ1n) is 5.45. The Hall–Kier alpha value is -1.81. The van der Waals surface area contributed by atoms with Crippen LogP contribution in [0.25, 0.3) is 10.2 Å². The Morgan fingerprint density at radius 2 is 2.29 bits per heavy atom. The molecule has 0 aliphatic heterocycles. The predicted octanol–water partition coefficient (Wildman–Crippen LogP) is 3.81. The molecule has 1 aromatic carbocycles. The maximum atomic E-state index is 5.26. The minimum atomic E-state index is 0.672. The number of rotatable bonds is 3. The molecule has 0 atom stereocenters. The zero-order chi connectivity index (χ0) is 11.7. The van der Waals surface area contributed by atoms with Gasteiger partial charge in [-0.3, -0.25) is 0 Å². The van der Waals surface area contributed by atoms with Crippen molar-refractivity contribution >= 4 is 26.7 Å². The van der Waals surface area contributed by atoms with Crippen LogP contribution in [-0.2, 0) is 6.54 Å². The zero-order valence-corrected chi connectivity index (χ0v) is 10.3. The Morgan fingerprint density at radius 1 is 1.35 bits per heavy atom. The largest absolute Gasteiger partial charge is 0.467 e. The van der Waals surface area contributed by atoms with Gasteiger partial charge in [-0.15, -0.1) is 0 Å². The third kappa shape index (κ3) is 2.17.